The van der Waals surface area contributed by atoms with Gasteiger partial charge in [0.15, 0.2) is 10.3 Å². The Morgan fingerprint density at radius 3 is 2.56 bits per heavy atom. The molecule has 0 N–H and O–H groups in total. The number of hydrogen-bond donors (Lipinski definition) is 0. The zero-order valence-corrected chi connectivity index (χ0v) is 16.1. The van der Waals surface area contributed by atoms with Gasteiger partial charge in [-0.25, -0.2) is 9.98 Å². The zero-order chi connectivity index (χ0) is 18.0. The third kappa shape index (κ3) is 3.85. The summed E-state index contributed by atoms with van der Waals surface area (Å²) in [6.07, 6.45) is 3.27. The van der Waals surface area contributed by atoms with E-state index in [1.165, 1.54) is 11.8 Å². The first kappa shape index (κ1) is 18.3. The van der Waals surface area contributed by atoms with Crippen LogP contribution in [-0.4, -0.2) is 27.5 Å². The lowest BCUT2D eigenvalue weighted by atomic mass is 10.2. The lowest BCUT2D eigenvalue weighted by molar-refractivity contribution is -0.122. The number of carbonyl (C=O) groups is 1. The highest BCUT2D eigenvalue weighted by Crippen LogP contribution is 2.37. The van der Waals surface area contributed by atoms with Crippen LogP contribution >= 0.6 is 46.6 Å². The first-order valence-electron chi connectivity index (χ1n) is 7.36. The van der Waals surface area contributed by atoms with Crippen molar-refractivity contribution in [3.8, 4) is 0 Å². The Morgan fingerprint density at radius 2 is 1.92 bits per heavy atom. The van der Waals surface area contributed by atoms with Gasteiger partial charge in [-0.05, 0) is 49.0 Å². The molecule has 1 saturated heterocycles. The normalized spacial score (nSPS) is 17.8. The first-order chi connectivity index (χ1) is 12.0. The van der Waals surface area contributed by atoms with Crippen molar-refractivity contribution in [1.29, 1.82) is 0 Å². The summed E-state index contributed by atoms with van der Waals surface area (Å²) >= 11 is 19.7. The minimum atomic E-state index is -0.151. The number of carbonyl (C=O) groups excluding carboxylic acids is 1. The van der Waals surface area contributed by atoms with Crippen molar-refractivity contribution in [2.24, 2.45) is 4.99 Å². The molecule has 0 bridgehead atoms. The van der Waals surface area contributed by atoms with Crippen molar-refractivity contribution < 1.29 is 4.79 Å². The molecule has 4 nitrogen and oxygen atoms in total. The molecule has 128 valence electrons. The fraction of sp³-hybridized carbons (Fsp3) is 0.118. The van der Waals surface area contributed by atoms with E-state index < -0.39 is 0 Å². The summed E-state index contributed by atoms with van der Waals surface area (Å²) in [6.45, 7) is 2.36. The zero-order valence-electron chi connectivity index (χ0n) is 13.0. The van der Waals surface area contributed by atoms with Crippen molar-refractivity contribution >= 4 is 69.4 Å². The summed E-state index contributed by atoms with van der Waals surface area (Å²) < 4.78 is 0. The molecule has 0 unspecified atom stereocenters. The Morgan fingerprint density at radius 1 is 1.20 bits per heavy atom. The van der Waals surface area contributed by atoms with E-state index in [9.17, 15) is 4.79 Å². The van der Waals surface area contributed by atoms with Crippen LogP contribution in [0.4, 0.5) is 5.69 Å². The number of amides is 1. The van der Waals surface area contributed by atoms with Gasteiger partial charge in [0.2, 0.25) is 0 Å². The van der Waals surface area contributed by atoms with Crippen molar-refractivity contribution in [2.45, 2.75) is 6.92 Å². The molecule has 0 radical (unpaired) electrons. The van der Waals surface area contributed by atoms with Crippen LogP contribution in [0.1, 0.15) is 12.5 Å². The Kier molecular flexibility index (Phi) is 5.69. The quantitative estimate of drug-likeness (QED) is 0.482. The van der Waals surface area contributed by atoms with Gasteiger partial charge in [0.05, 0.1) is 4.91 Å². The predicted molar refractivity (Wildman–Crippen MR) is 106 cm³/mol. The van der Waals surface area contributed by atoms with Gasteiger partial charge >= 0.3 is 0 Å². The summed E-state index contributed by atoms with van der Waals surface area (Å²) in [7, 11) is 0. The van der Waals surface area contributed by atoms with Gasteiger partial charge in [0.1, 0.15) is 5.69 Å². The molecule has 1 aromatic carbocycles. The van der Waals surface area contributed by atoms with E-state index >= 15 is 0 Å². The number of thioether (sulfide) groups is 1. The topological polar surface area (TPSA) is 45.6 Å². The van der Waals surface area contributed by atoms with Crippen LogP contribution in [0.2, 0.25) is 15.2 Å². The number of aliphatic imine (C=N–C) groups is 1. The maximum absolute atomic E-state index is 12.7. The van der Waals surface area contributed by atoms with Gasteiger partial charge in [-0.15, -0.1) is 0 Å². The van der Waals surface area contributed by atoms with Gasteiger partial charge in [-0.3, -0.25) is 9.69 Å². The molecule has 25 heavy (non-hydrogen) atoms. The Balaban J connectivity index is 2.01. The Hall–Kier alpha value is -1.53. The molecule has 1 aliphatic heterocycles. The molecule has 3 rings (SSSR count). The molecule has 2 heterocycles. The number of aromatic nitrogens is 1. The molecule has 0 atom stereocenters. The minimum absolute atomic E-state index is 0.151. The first-order valence-corrected chi connectivity index (χ1v) is 9.31. The van der Waals surface area contributed by atoms with E-state index in [0.717, 1.165) is 0 Å². The number of hydrogen-bond acceptors (Lipinski definition) is 4. The monoisotopic (exact) mass is 411 g/mol. The fourth-order valence-electron chi connectivity index (χ4n) is 2.21. The number of pyridine rings is 1. The van der Waals surface area contributed by atoms with Gasteiger partial charge in [-0.2, -0.15) is 0 Å². The number of amidine groups is 1. The van der Waals surface area contributed by atoms with Gasteiger partial charge in [0.25, 0.3) is 5.91 Å². The number of benzene rings is 1. The van der Waals surface area contributed by atoms with Crippen LogP contribution in [0, 0.1) is 0 Å². The molecule has 0 aliphatic carbocycles. The minimum Gasteiger partial charge on any atom is -0.287 e. The number of halogens is 3. The second kappa shape index (κ2) is 7.79. The second-order valence-corrected chi connectivity index (χ2v) is 7.18. The summed E-state index contributed by atoms with van der Waals surface area (Å²) in [5.41, 5.74) is 1.12. The van der Waals surface area contributed by atoms with Crippen LogP contribution < -0.4 is 0 Å². The number of nitrogens with zero attached hydrogens (tertiary/aromatic N) is 3. The van der Waals surface area contributed by atoms with Crippen molar-refractivity contribution in [3.63, 3.8) is 0 Å². The summed E-state index contributed by atoms with van der Waals surface area (Å²) in [5, 5.41) is 1.79. The highest BCUT2D eigenvalue weighted by molar-refractivity contribution is 8.18. The Bertz CT molecular complexity index is 878. The summed E-state index contributed by atoms with van der Waals surface area (Å²) in [5.74, 6) is -0.151. The Labute approximate surface area is 164 Å². The average Bonchev–Trinajstić information content (AvgIpc) is 2.88. The second-order valence-electron chi connectivity index (χ2n) is 5.00. The van der Waals surface area contributed by atoms with Gasteiger partial charge in [0, 0.05) is 28.4 Å². The molecular formula is C17H12Cl3N3OS. The molecule has 1 aliphatic rings. The number of rotatable bonds is 3. The van der Waals surface area contributed by atoms with Crippen LogP contribution in [0.3, 0.4) is 0 Å². The average molecular weight is 413 g/mol. The molecule has 2 aromatic rings. The SMILES string of the molecule is CCN1C(=O)/C(=C/c2c(Cl)cccc2Cl)SC1=Nc1cccnc1Cl. The van der Waals surface area contributed by atoms with E-state index in [-0.39, 0.29) is 11.1 Å². The fourth-order valence-corrected chi connectivity index (χ4v) is 3.92. The summed E-state index contributed by atoms with van der Waals surface area (Å²) in [6, 6.07) is 8.70. The van der Waals surface area contributed by atoms with Crippen molar-refractivity contribution in [1.82, 2.24) is 9.88 Å². The lowest BCUT2D eigenvalue weighted by Crippen LogP contribution is -2.28. The van der Waals surface area contributed by atoms with E-state index in [0.29, 0.717) is 37.9 Å². The van der Waals surface area contributed by atoms with Crippen LogP contribution in [-0.2, 0) is 4.79 Å². The molecule has 0 spiro atoms. The van der Waals surface area contributed by atoms with Crippen LogP contribution in [0.15, 0.2) is 46.4 Å². The smallest absolute Gasteiger partial charge is 0.266 e. The standard InChI is InChI=1S/C17H12Cl3N3OS/c1-2-23-16(24)14(9-10-11(18)5-3-6-12(10)19)25-17(23)22-13-7-4-8-21-15(13)20/h3-9H,2H2,1H3/b14-9-,22-17?. The van der Waals surface area contributed by atoms with Crippen LogP contribution in [0.25, 0.3) is 6.08 Å². The third-order valence-corrected chi connectivity index (χ3v) is 5.39. The van der Waals surface area contributed by atoms with E-state index in [2.05, 4.69) is 9.98 Å². The van der Waals surface area contributed by atoms with Gasteiger partial charge in [-0.1, -0.05) is 40.9 Å². The van der Waals surface area contributed by atoms with E-state index in [1.54, 1.807) is 47.5 Å². The molecule has 8 heteroatoms. The highest BCUT2D eigenvalue weighted by Gasteiger charge is 2.32. The maximum Gasteiger partial charge on any atom is 0.266 e. The number of likely N-dealkylation sites (N-methyl/N-ethyl adjacent to an activating group) is 1. The molecule has 1 amide bonds. The highest BCUT2D eigenvalue weighted by atomic mass is 35.5. The van der Waals surface area contributed by atoms with Crippen molar-refractivity contribution in [3.05, 3.63) is 62.2 Å². The van der Waals surface area contributed by atoms with Crippen LogP contribution in [0.5, 0.6) is 0 Å². The molecular weight excluding hydrogens is 401 g/mol. The molecule has 0 saturated carbocycles. The largest absolute Gasteiger partial charge is 0.287 e. The maximum atomic E-state index is 12.7. The molecule has 1 fully saturated rings. The van der Waals surface area contributed by atoms with E-state index in [4.69, 9.17) is 34.8 Å². The van der Waals surface area contributed by atoms with Gasteiger partial charge < -0.3 is 0 Å². The third-order valence-electron chi connectivity index (χ3n) is 3.43. The van der Waals surface area contributed by atoms with Crippen molar-refractivity contribution in [2.75, 3.05) is 6.54 Å². The summed E-state index contributed by atoms with van der Waals surface area (Å²) in [4.78, 5) is 23.2. The van der Waals surface area contributed by atoms with E-state index in [1.807, 2.05) is 6.92 Å². The lowest BCUT2D eigenvalue weighted by Gasteiger charge is -2.12. The molecule has 1 aromatic heterocycles. The predicted octanol–water partition coefficient (Wildman–Crippen LogP) is 5.67.